The average molecular weight is 387 g/mol. The number of hydrogen-bond acceptors (Lipinski definition) is 3. The Labute approximate surface area is 118 Å². The summed E-state index contributed by atoms with van der Waals surface area (Å²) in [5.41, 5.74) is 0. The van der Waals surface area contributed by atoms with Gasteiger partial charge in [-0.25, -0.2) is 13.6 Å². The van der Waals surface area contributed by atoms with Crippen molar-refractivity contribution in [3.8, 4) is 5.75 Å². The monoisotopic (exact) mass is 385 g/mol. The van der Waals surface area contributed by atoms with E-state index in [1.807, 2.05) is 12.1 Å². The van der Waals surface area contributed by atoms with Gasteiger partial charge in [-0.05, 0) is 34.1 Å². The molecule has 0 bridgehead atoms. The highest BCUT2D eigenvalue weighted by molar-refractivity contribution is 9.11. The molecule has 0 saturated carbocycles. The number of ether oxygens (including phenoxy) is 1. The molecule has 2 N–H and O–H groups in total. The van der Waals surface area contributed by atoms with Gasteiger partial charge in [-0.2, -0.15) is 0 Å². The molecule has 96 valence electrons. The summed E-state index contributed by atoms with van der Waals surface area (Å²) in [6.45, 7) is 2.08. The van der Waals surface area contributed by atoms with E-state index >= 15 is 0 Å². The Morgan fingerprint density at radius 3 is 2.59 bits per heavy atom. The van der Waals surface area contributed by atoms with Crippen LogP contribution in [-0.4, -0.2) is 20.8 Å². The summed E-state index contributed by atoms with van der Waals surface area (Å²) in [7, 11) is -3.44. The van der Waals surface area contributed by atoms with Gasteiger partial charge in [0.25, 0.3) is 0 Å². The zero-order valence-corrected chi connectivity index (χ0v) is 13.2. The molecule has 0 heterocycles. The average Bonchev–Trinajstić information content (AvgIpc) is 2.13. The van der Waals surface area contributed by atoms with Gasteiger partial charge in [0, 0.05) is 10.4 Å². The van der Waals surface area contributed by atoms with Crippen molar-refractivity contribution in [3.63, 3.8) is 0 Å². The number of halogens is 2. The van der Waals surface area contributed by atoms with Crippen molar-refractivity contribution in [2.24, 2.45) is 11.1 Å². The number of nitrogens with two attached hydrogens (primary N) is 1. The molecule has 0 amide bonds. The van der Waals surface area contributed by atoms with Gasteiger partial charge >= 0.3 is 0 Å². The maximum absolute atomic E-state index is 10.9. The number of hydrogen-bond donors (Lipinski definition) is 1. The Kier molecular flexibility index (Phi) is 5.43. The molecule has 1 aromatic rings. The van der Waals surface area contributed by atoms with Crippen LogP contribution in [0.2, 0.25) is 0 Å². The van der Waals surface area contributed by atoms with Crippen molar-refractivity contribution in [2.75, 3.05) is 12.4 Å². The summed E-state index contributed by atoms with van der Waals surface area (Å²) in [5.74, 6) is 0.441. The van der Waals surface area contributed by atoms with Crippen molar-refractivity contribution in [1.29, 1.82) is 0 Å². The van der Waals surface area contributed by atoms with Crippen molar-refractivity contribution >= 4 is 41.9 Å². The van der Waals surface area contributed by atoms with Crippen LogP contribution in [0.5, 0.6) is 5.75 Å². The zero-order valence-electron chi connectivity index (χ0n) is 9.19. The fourth-order valence-corrected chi connectivity index (χ4v) is 3.32. The van der Waals surface area contributed by atoms with Gasteiger partial charge in [0.15, 0.2) is 0 Å². The maximum Gasteiger partial charge on any atom is 0.209 e. The quantitative estimate of drug-likeness (QED) is 0.845. The van der Waals surface area contributed by atoms with Crippen LogP contribution >= 0.6 is 31.9 Å². The van der Waals surface area contributed by atoms with Crippen LogP contribution in [0.3, 0.4) is 0 Å². The lowest BCUT2D eigenvalue weighted by Gasteiger charge is -2.13. The van der Waals surface area contributed by atoms with Crippen LogP contribution < -0.4 is 9.88 Å². The Morgan fingerprint density at radius 2 is 2.06 bits per heavy atom. The molecule has 1 aromatic carbocycles. The van der Waals surface area contributed by atoms with Crippen LogP contribution in [0.4, 0.5) is 0 Å². The molecule has 1 rings (SSSR count). The fraction of sp³-hybridized carbons (Fsp3) is 0.400. The minimum Gasteiger partial charge on any atom is -0.492 e. The third-order valence-corrected chi connectivity index (χ3v) is 4.08. The number of primary sulfonamides is 1. The maximum atomic E-state index is 10.9. The van der Waals surface area contributed by atoms with Gasteiger partial charge in [-0.3, -0.25) is 0 Å². The highest BCUT2D eigenvalue weighted by atomic mass is 79.9. The molecule has 1 atom stereocenters. The normalized spacial score (nSPS) is 13.4. The minimum atomic E-state index is -3.44. The highest BCUT2D eigenvalue weighted by Crippen LogP contribution is 2.28. The van der Waals surface area contributed by atoms with Crippen LogP contribution in [0.1, 0.15) is 6.92 Å². The van der Waals surface area contributed by atoms with Gasteiger partial charge in [-0.15, -0.1) is 0 Å². The van der Waals surface area contributed by atoms with E-state index in [0.29, 0.717) is 12.4 Å². The smallest absolute Gasteiger partial charge is 0.209 e. The molecule has 0 aliphatic carbocycles. The first-order valence-corrected chi connectivity index (χ1v) is 8.16. The van der Waals surface area contributed by atoms with Gasteiger partial charge in [-0.1, -0.05) is 22.9 Å². The van der Waals surface area contributed by atoms with E-state index in [9.17, 15) is 8.42 Å². The van der Waals surface area contributed by atoms with Crippen LogP contribution in [0.25, 0.3) is 0 Å². The van der Waals surface area contributed by atoms with E-state index in [1.54, 1.807) is 13.0 Å². The van der Waals surface area contributed by atoms with E-state index in [2.05, 4.69) is 31.9 Å². The summed E-state index contributed by atoms with van der Waals surface area (Å²) in [5, 5.41) is 4.96. The first kappa shape index (κ1) is 14.9. The molecular formula is C10H13Br2NO3S. The second-order valence-electron chi connectivity index (χ2n) is 3.82. The van der Waals surface area contributed by atoms with E-state index in [-0.39, 0.29) is 11.7 Å². The number of rotatable bonds is 5. The van der Waals surface area contributed by atoms with E-state index < -0.39 is 10.0 Å². The molecule has 17 heavy (non-hydrogen) atoms. The highest BCUT2D eigenvalue weighted by Gasteiger charge is 2.12. The Balaban J connectivity index is 2.56. The lowest BCUT2D eigenvalue weighted by Crippen LogP contribution is -2.25. The van der Waals surface area contributed by atoms with Crippen molar-refractivity contribution in [3.05, 3.63) is 27.1 Å². The molecule has 0 radical (unpaired) electrons. The van der Waals surface area contributed by atoms with Crippen LogP contribution in [0.15, 0.2) is 27.1 Å². The molecule has 0 saturated heterocycles. The SMILES string of the molecule is CC(COc1ccc(Br)cc1Br)CS(N)(=O)=O. The van der Waals surface area contributed by atoms with E-state index in [0.717, 1.165) is 8.95 Å². The lowest BCUT2D eigenvalue weighted by atomic mass is 10.2. The standard InChI is InChI=1S/C10H13Br2NO3S/c1-7(6-17(13,14)15)5-16-10-3-2-8(11)4-9(10)12/h2-4,7H,5-6H2,1H3,(H2,13,14,15). The lowest BCUT2D eigenvalue weighted by molar-refractivity contribution is 0.270. The minimum absolute atomic E-state index is 0.0822. The third kappa shape index (κ3) is 5.85. The second kappa shape index (κ2) is 6.17. The summed E-state index contributed by atoms with van der Waals surface area (Å²) in [4.78, 5) is 0. The fourth-order valence-electron chi connectivity index (χ4n) is 1.27. The van der Waals surface area contributed by atoms with Crippen molar-refractivity contribution < 1.29 is 13.2 Å². The van der Waals surface area contributed by atoms with Gasteiger partial charge in [0.1, 0.15) is 5.75 Å². The van der Waals surface area contributed by atoms with Gasteiger partial charge in [0.2, 0.25) is 10.0 Å². The zero-order chi connectivity index (χ0) is 13.1. The predicted molar refractivity (Wildman–Crippen MR) is 74.5 cm³/mol. The Bertz CT molecular complexity index is 490. The molecule has 1 unspecified atom stereocenters. The molecule has 4 nitrogen and oxygen atoms in total. The summed E-state index contributed by atoms with van der Waals surface area (Å²) in [6.07, 6.45) is 0. The van der Waals surface area contributed by atoms with Gasteiger partial charge in [0.05, 0.1) is 16.8 Å². The van der Waals surface area contributed by atoms with Gasteiger partial charge < -0.3 is 4.74 Å². The topological polar surface area (TPSA) is 69.4 Å². The Hall–Kier alpha value is -0.110. The number of benzene rings is 1. The molecule has 0 aliphatic rings. The molecular weight excluding hydrogens is 374 g/mol. The molecule has 0 spiro atoms. The first-order chi connectivity index (χ1) is 7.78. The summed E-state index contributed by atoms with van der Waals surface area (Å²) >= 11 is 6.70. The summed E-state index contributed by atoms with van der Waals surface area (Å²) < 4.78 is 29.0. The first-order valence-electron chi connectivity index (χ1n) is 4.86. The van der Waals surface area contributed by atoms with Crippen molar-refractivity contribution in [1.82, 2.24) is 0 Å². The predicted octanol–water partition coefficient (Wildman–Crippen LogP) is 2.51. The third-order valence-electron chi connectivity index (χ3n) is 1.93. The molecule has 7 heteroatoms. The summed E-state index contributed by atoms with van der Waals surface area (Å²) in [6, 6.07) is 5.52. The molecule has 0 fully saturated rings. The van der Waals surface area contributed by atoms with E-state index in [1.165, 1.54) is 0 Å². The van der Waals surface area contributed by atoms with Crippen LogP contribution in [0, 0.1) is 5.92 Å². The van der Waals surface area contributed by atoms with Crippen molar-refractivity contribution in [2.45, 2.75) is 6.92 Å². The molecule has 0 aromatic heterocycles. The molecule has 0 aliphatic heterocycles. The Morgan fingerprint density at radius 1 is 1.41 bits per heavy atom. The largest absolute Gasteiger partial charge is 0.492 e. The van der Waals surface area contributed by atoms with Crippen LogP contribution in [-0.2, 0) is 10.0 Å². The van der Waals surface area contributed by atoms with E-state index in [4.69, 9.17) is 9.88 Å². The second-order valence-corrected chi connectivity index (χ2v) is 7.25. The number of sulfonamides is 1.